The number of thiophene rings is 1. The number of nitro groups is 1. The van der Waals surface area contributed by atoms with E-state index in [4.69, 9.17) is 5.73 Å². The van der Waals surface area contributed by atoms with Gasteiger partial charge in [-0.05, 0) is 18.2 Å². The highest BCUT2D eigenvalue weighted by molar-refractivity contribution is 7.15. The Hall–Kier alpha value is -2.12. The van der Waals surface area contributed by atoms with Gasteiger partial charge in [0.05, 0.1) is 9.80 Å². The highest BCUT2D eigenvalue weighted by Gasteiger charge is 2.22. The summed E-state index contributed by atoms with van der Waals surface area (Å²) in [6.07, 6.45) is -0.367. The normalized spacial score (nSPS) is 16.4. The van der Waals surface area contributed by atoms with Crippen molar-refractivity contribution in [2.45, 2.75) is 6.17 Å². The molecule has 2 aromatic rings. The van der Waals surface area contributed by atoms with Crippen LogP contribution in [0.3, 0.4) is 0 Å². The maximum atomic E-state index is 10.7. The fourth-order valence-corrected chi connectivity index (χ4v) is 2.75. The van der Waals surface area contributed by atoms with Crippen molar-refractivity contribution in [3.05, 3.63) is 57.0 Å². The minimum atomic E-state index is -0.405. The molecule has 3 N–H and O–H groups in total. The fraction of sp³-hybridized carbons (Fsp3) is 0.0833. The van der Waals surface area contributed by atoms with Gasteiger partial charge >= 0.3 is 5.00 Å². The van der Waals surface area contributed by atoms with Gasteiger partial charge in [-0.1, -0.05) is 23.5 Å². The molecule has 0 bridgehead atoms. The largest absolute Gasteiger partial charge is 0.383 e. The van der Waals surface area contributed by atoms with Crippen LogP contribution in [0, 0.1) is 10.1 Å². The first-order chi connectivity index (χ1) is 9.15. The van der Waals surface area contributed by atoms with E-state index in [1.165, 1.54) is 6.07 Å². The van der Waals surface area contributed by atoms with E-state index >= 15 is 0 Å². The molecule has 104 valence electrons. The first-order valence-electron chi connectivity index (χ1n) is 5.58. The van der Waals surface area contributed by atoms with Crippen LogP contribution in [-0.2, 0) is 0 Å². The number of rotatable bonds is 2. The number of nitrogens with two attached hydrogens (primary N) is 1. The van der Waals surface area contributed by atoms with Crippen LogP contribution in [0.4, 0.5) is 10.7 Å². The standard InChI is InChI=1S/C12H10N4O2S.ClH/c13-11-7-3-1-2-4-8(7)14-12(15-11)9-5-6-10(19-9)16(17)18;/h1-6,12,14H,(H2,13,15);1H. The lowest BCUT2D eigenvalue weighted by atomic mass is 10.1. The Labute approximate surface area is 124 Å². The summed E-state index contributed by atoms with van der Waals surface area (Å²) in [7, 11) is 0. The Balaban J connectivity index is 0.00000147. The van der Waals surface area contributed by atoms with Crippen LogP contribution in [-0.4, -0.2) is 10.8 Å². The van der Waals surface area contributed by atoms with Crippen molar-refractivity contribution in [2.24, 2.45) is 10.7 Å². The minimum absolute atomic E-state index is 0. The van der Waals surface area contributed by atoms with Crippen LogP contribution in [0.15, 0.2) is 41.4 Å². The molecular formula is C12H11ClN4O2S. The third-order valence-corrected chi connectivity index (χ3v) is 3.91. The summed E-state index contributed by atoms with van der Waals surface area (Å²) in [5, 5.41) is 14.0. The monoisotopic (exact) mass is 310 g/mol. The van der Waals surface area contributed by atoms with E-state index in [2.05, 4.69) is 10.3 Å². The second-order valence-electron chi connectivity index (χ2n) is 4.04. The smallest absolute Gasteiger partial charge is 0.324 e. The number of benzene rings is 1. The highest BCUT2D eigenvalue weighted by Crippen LogP contribution is 2.34. The van der Waals surface area contributed by atoms with Crippen LogP contribution in [0.25, 0.3) is 0 Å². The minimum Gasteiger partial charge on any atom is -0.383 e. The van der Waals surface area contributed by atoms with E-state index in [-0.39, 0.29) is 23.6 Å². The quantitative estimate of drug-likeness (QED) is 0.658. The second kappa shape index (κ2) is 5.48. The van der Waals surface area contributed by atoms with Gasteiger partial charge in [-0.25, -0.2) is 4.99 Å². The average Bonchev–Trinajstić information content (AvgIpc) is 2.88. The average molecular weight is 311 g/mol. The molecule has 0 radical (unpaired) electrons. The van der Waals surface area contributed by atoms with Crippen molar-refractivity contribution in [3.63, 3.8) is 0 Å². The molecule has 0 saturated heterocycles. The van der Waals surface area contributed by atoms with Gasteiger partial charge in [0.15, 0.2) is 6.17 Å². The van der Waals surface area contributed by atoms with Crippen LogP contribution in [0.5, 0.6) is 0 Å². The van der Waals surface area contributed by atoms with E-state index in [1.807, 2.05) is 24.3 Å². The van der Waals surface area contributed by atoms with E-state index in [1.54, 1.807) is 6.07 Å². The molecule has 6 nitrogen and oxygen atoms in total. The van der Waals surface area contributed by atoms with Crippen LogP contribution in [0.2, 0.25) is 0 Å². The number of nitrogens with one attached hydrogen (secondary N) is 1. The Bertz CT molecular complexity index is 686. The van der Waals surface area contributed by atoms with E-state index in [0.717, 1.165) is 27.5 Å². The molecule has 1 aromatic carbocycles. The van der Waals surface area contributed by atoms with Crippen molar-refractivity contribution in [1.29, 1.82) is 0 Å². The van der Waals surface area contributed by atoms with Crippen molar-refractivity contribution in [2.75, 3.05) is 5.32 Å². The van der Waals surface area contributed by atoms with Crippen LogP contribution in [0.1, 0.15) is 16.6 Å². The number of aliphatic imine (C=N–C) groups is 1. The van der Waals surface area contributed by atoms with E-state index in [9.17, 15) is 10.1 Å². The van der Waals surface area contributed by atoms with Crippen LogP contribution >= 0.6 is 23.7 Å². The number of amidine groups is 1. The molecule has 3 rings (SSSR count). The predicted molar refractivity (Wildman–Crippen MR) is 81.8 cm³/mol. The first-order valence-corrected chi connectivity index (χ1v) is 6.40. The molecule has 0 spiro atoms. The van der Waals surface area contributed by atoms with Crippen molar-refractivity contribution >= 4 is 40.3 Å². The number of para-hydroxylation sites is 1. The third-order valence-electron chi connectivity index (χ3n) is 2.83. The van der Waals surface area contributed by atoms with Gasteiger partial charge < -0.3 is 11.1 Å². The summed E-state index contributed by atoms with van der Waals surface area (Å²) >= 11 is 1.10. The van der Waals surface area contributed by atoms with Crippen molar-refractivity contribution in [1.82, 2.24) is 0 Å². The Morgan fingerprint density at radius 1 is 1.30 bits per heavy atom. The zero-order valence-electron chi connectivity index (χ0n) is 10.1. The molecule has 1 aliphatic heterocycles. The molecule has 2 heterocycles. The van der Waals surface area contributed by atoms with Crippen LogP contribution < -0.4 is 11.1 Å². The number of nitrogens with zero attached hydrogens (tertiary/aromatic N) is 2. The number of anilines is 1. The second-order valence-corrected chi connectivity index (χ2v) is 5.13. The number of fused-ring (bicyclic) bond motifs is 1. The van der Waals surface area contributed by atoms with E-state index < -0.39 is 4.92 Å². The lowest BCUT2D eigenvalue weighted by Crippen LogP contribution is -2.24. The molecule has 0 saturated carbocycles. The SMILES string of the molecule is Cl.NC1=NC(c2ccc([N+](=O)[O-])s2)Nc2ccccc21. The molecule has 1 aromatic heterocycles. The molecule has 1 aliphatic rings. The lowest BCUT2D eigenvalue weighted by molar-refractivity contribution is -0.380. The molecule has 20 heavy (non-hydrogen) atoms. The highest BCUT2D eigenvalue weighted by atomic mass is 35.5. The number of halogens is 1. The maximum absolute atomic E-state index is 10.7. The van der Waals surface area contributed by atoms with Gasteiger partial charge in [0.25, 0.3) is 0 Å². The molecule has 1 atom stereocenters. The Morgan fingerprint density at radius 3 is 2.75 bits per heavy atom. The molecular weight excluding hydrogens is 300 g/mol. The van der Waals surface area contributed by atoms with Gasteiger partial charge in [0, 0.05) is 17.3 Å². The summed E-state index contributed by atoms with van der Waals surface area (Å²) in [5.74, 6) is 0.440. The first kappa shape index (κ1) is 14.3. The lowest BCUT2D eigenvalue weighted by Gasteiger charge is -2.22. The number of hydrogen-bond donors (Lipinski definition) is 2. The third kappa shape index (κ3) is 2.45. The van der Waals surface area contributed by atoms with Gasteiger partial charge in [-0.2, -0.15) is 0 Å². The summed E-state index contributed by atoms with van der Waals surface area (Å²) in [5.41, 5.74) is 7.66. The molecule has 0 fully saturated rings. The zero-order chi connectivity index (χ0) is 13.4. The van der Waals surface area contributed by atoms with E-state index in [0.29, 0.717) is 5.84 Å². The molecule has 8 heteroatoms. The van der Waals surface area contributed by atoms with Crippen molar-refractivity contribution in [3.8, 4) is 0 Å². The fourth-order valence-electron chi connectivity index (χ4n) is 1.94. The maximum Gasteiger partial charge on any atom is 0.324 e. The summed E-state index contributed by atoms with van der Waals surface area (Å²) in [4.78, 5) is 15.4. The zero-order valence-corrected chi connectivity index (χ0v) is 11.8. The van der Waals surface area contributed by atoms with Gasteiger partial charge in [-0.15, -0.1) is 12.4 Å². The van der Waals surface area contributed by atoms with Gasteiger partial charge in [-0.3, -0.25) is 10.1 Å². The molecule has 0 amide bonds. The van der Waals surface area contributed by atoms with Gasteiger partial charge in [0.1, 0.15) is 5.84 Å². The molecule has 0 aliphatic carbocycles. The van der Waals surface area contributed by atoms with Crippen molar-refractivity contribution < 1.29 is 4.92 Å². The predicted octanol–water partition coefficient (Wildman–Crippen LogP) is 2.91. The topological polar surface area (TPSA) is 93.5 Å². The molecule has 1 unspecified atom stereocenters. The summed E-state index contributed by atoms with van der Waals surface area (Å²) < 4.78 is 0. The number of hydrogen-bond acceptors (Lipinski definition) is 6. The Morgan fingerprint density at radius 2 is 2.05 bits per heavy atom. The summed E-state index contributed by atoms with van der Waals surface area (Å²) in [6, 6.07) is 10.8. The Kier molecular flexibility index (Phi) is 3.91. The van der Waals surface area contributed by atoms with Gasteiger partial charge in [0.2, 0.25) is 0 Å². The summed E-state index contributed by atoms with van der Waals surface area (Å²) in [6.45, 7) is 0.